The highest BCUT2D eigenvalue weighted by molar-refractivity contribution is 5.70. The molecular weight excluding hydrogens is 741 g/mol. The number of hydrogen-bond donors (Lipinski definition) is 1. The van der Waals surface area contributed by atoms with Crippen molar-refractivity contribution in [2.75, 3.05) is 13.2 Å². The Morgan fingerprint density at radius 3 is 1.08 bits per heavy atom. The van der Waals surface area contributed by atoms with Crippen molar-refractivity contribution in [2.24, 2.45) is 0 Å². The van der Waals surface area contributed by atoms with Crippen LogP contribution < -0.4 is 0 Å². The molecule has 0 heterocycles. The average molecular weight is 839 g/mol. The van der Waals surface area contributed by atoms with Gasteiger partial charge in [0.25, 0.3) is 0 Å². The van der Waals surface area contributed by atoms with Crippen molar-refractivity contribution in [1.29, 1.82) is 0 Å². The van der Waals surface area contributed by atoms with E-state index in [4.69, 9.17) is 9.47 Å². The van der Waals surface area contributed by atoms with Crippen LogP contribution in [0.15, 0.2) is 60.8 Å². The van der Waals surface area contributed by atoms with Crippen molar-refractivity contribution >= 4 is 11.9 Å². The second-order valence-electron chi connectivity index (χ2n) is 17.2. The average Bonchev–Trinajstić information content (AvgIpc) is 3.25. The Morgan fingerprint density at radius 2 is 0.717 bits per heavy atom. The predicted octanol–water partition coefficient (Wildman–Crippen LogP) is 17.1. The van der Waals surface area contributed by atoms with Crippen LogP contribution in [-0.2, 0) is 19.1 Å². The van der Waals surface area contributed by atoms with Gasteiger partial charge in [-0.2, -0.15) is 0 Å². The van der Waals surface area contributed by atoms with E-state index in [0.717, 1.165) is 77.0 Å². The summed E-state index contributed by atoms with van der Waals surface area (Å²) in [5, 5.41) is 9.63. The number of allylic oxidation sites excluding steroid dienone is 10. The van der Waals surface area contributed by atoms with Gasteiger partial charge in [-0.3, -0.25) is 9.59 Å². The summed E-state index contributed by atoms with van der Waals surface area (Å²) < 4.78 is 10.7. The monoisotopic (exact) mass is 839 g/mol. The van der Waals surface area contributed by atoms with Gasteiger partial charge in [0.1, 0.15) is 6.61 Å². The van der Waals surface area contributed by atoms with Crippen molar-refractivity contribution in [3.8, 4) is 0 Å². The van der Waals surface area contributed by atoms with E-state index in [0.29, 0.717) is 12.8 Å². The molecule has 0 saturated heterocycles. The summed E-state index contributed by atoms with van der Waals surface area (Å²) in [5.74, 6) is -0.595. The highest BCUT2D eigenvalue weighted by atomic mass is 16.6. The van der Waals surface area contributed by atoms with Gasteiger partial charge in [0, 0.05) is 12.8 Å². The van der Waals surface area contributed by atoms with Crippen LogP contribution in [0.2, 0.25) is 0 Å². The van der Waals surface area contributed by atoms with E-state index >= 15 is 0 Å². The molecule has 0 amide bonds. The second kappa shape index (κ2) is 51.0. The number of aliphatic hydroxyl groups excluding tert-OH is 1. The van der Waals surface area contributed by atoms with E-state index in [-0.39, 0.29) is 25.2 Å². The molecule has 0 bridgehead atoms. The van der Waals surface area contributed by atoms with Crippen LogP contribution in [0.5, 0.6) is 0 Å². The maximum absolute atomic E-state index is 12.3. The molecule has 5 nitrogen and oxygen atoms in total. The molecule has 0 radical (unpaired) electrons. The third-order valence-electron chi connectivity index (χ3n) is 11.3. The molecule has 60 heavy (non-hydrogen) atoms. The van der Waals surface area contributed by atoms with Crippen LogP contribution in [0.3, 0.4) is 0 Å². The third-order valence-corrected chi connectivity index (χ3v) is 11.3. The summed E-state index contributed by atoms with van der Waals surface area (Å²) in [6, 6.07) is 0. The van der Waals surface area contributed by atoms with Gasteiger partial charge in [-0.15, -0.1) is 0 Å². The van der Waals surface area contributed by atoms with E-state index in [1.807, 2.05) is 0 Å². The molecule has 0 aliphatic heterocycles. The van der Waals surface area contributed by atoms with Gasteiger partial charge in [-0.05, 0) is 57.8 Å². The zero-order valence-corrected chi connectivity index (χ0v) is 39.7. The molecule has 0 aliphatic carbocycles. The lowest BCUT2D eigenvalue weighted by Gasteiger charge is -2.15. The van der Waals surface area contributed by atoms with E-state index in [1.165, 1.54) is 154 Å². The van der Waals surface area contributed by atoms with Crippen molar-refractivity contribution in [2.45, 2.75) is 264 Å². The molecule has 1 N–H and O–H groups in total. The normalized spacial score (nSPS) is 12.7. The van der Waals surface area contributed by atoms with Crippen LogP contribution in [0.25, 0.3) is 0 Å². The summed E-state index contributed by atoms with van der Waals surface area (Å²) in [6.07, 6.45) is 67.4. The summed E-state index contributed by atoms with van der Waals surface area (Å²) in [5.41, 5.74) is 0. The highest BCUT2D eigenvalue weighted by Crippen LogP contribution is 2.16. The van der Waals surface area contributed by atoms with Crippen LogP contribution in [0.1, 0.15) is 258 Å². The minimum atomic E-state index is -0.779. The van der Waals surface area contributed by atoms with Gasteiger partial charge < -0.3 is 14.6 Å². The van der Waals surface area contributed by atoms with E-state index in [9.17, 15) is 14.7 Å². The van der Waals surface area contributed by atoms with Crippen LogP contribution >= 0.6 is 0 Å². The standard InChI is InChI=1S/C55H98O5/c1-3-5-7-9-11-13-15-17-19-21-23-25-27-29-31-33-35-37-39-41-43-45-47-49-54(57)59-52-53(51-56)60-55(58)50-48-46-44-42-40-38-36-34-32-30-28-26-24-22-20-18-16-14-12-10-8-6-4-2/h6,8,12,14,18,20,24,26,30,32,53,56H,3-5,7,9-11,13,15-17,19,21-23,25,27-29,31,33-52H2,1-2H3/b8-6-,14-12-,20-18-,26-24-,32-30-. The fourth-order valence-electron chi connectivity index (χ4n) is 7.47. The summed E-state index contributed by atoms with van der Waals surface area (Å²) in [6.45, 7) is 4.05. The summed E-state index contributed by atoms with van der Waals surface area (Å²) in [4.78, 5) is 24.5. The topological polar surface area (TPSA) is 72.8 Å². The minimum absolute atomic E-state index is 0.0694. The van der Waals surface area contributed by atoms with E-state index < -0.39 is 6.10 Å². The van der Waals surface area contributed by atoms with Crippen molar-refractivity contribution in [1.82, 2.24) is 0 Å². The fraction of sp³-hybridized carbons (Fsp3) is 0.782. The first-order valence-corrected chi connectivity index (χ1v) is 25.8. The SMILES string of the molecule is CC/C=C\C/C=C\C/C=C\C/C=C\C/C=C\CCCCCCCCCC(=O)OC(CO)COC(=O)CCCCCCCCCCCCCCCCCCCCCCCCC. The lowest BCUT2D eigenvalue weighted by Crippen LogP contribution is -2.28. The number of rotatable bonds is 47. The maximum atomic E-state index is 12.3. The first-order chi connectivity index (χ1) is 29.6. The lowest BCUT2D eigenvalue weighted by atomic mass is 10.0. The fourth-order valence-corrected chi connectivity index (χ4v) is 7.47. The number of unbranched alkanes of at least 4 members (excludes halogenated alkanes) is 29. The number of hydrogen-bond acceptors (Lipinski definition) is 5. The molecule has 348 valence electrons. The van der Waals surface area contributed by atoms with E-state index in [2.05, 4.69) is 74.6 Å². The van der Waals surface area contributed by atoms with Gasteiger partial charge in [0.15, 0.2) is 6.10 Å². The summed E-state index contributed by atoms with van der Waals surface area (Å²) in [7, 11) is 0. The molecule has 1 atom stereocenters. The van der Waals surface area contributed by atoms with Gasteiger partial charge in [-0.1, -0.05) is 248 Å². The number of carbonyl (C=O) groups is 2. The van der Waals surface area contributed by atoms with Gasteiger partial charge >= 0.3 is 11.9 Å². The molecule has 0 saturated carbocycles. The van der Waals surface area contributed by atoms with Gasteiger partial charge in [0.05, 0.1) is 6.61 Å². The van der Waals surface area contributed by atoms with Crippen molar-refractivity contribution in [3.63, 3.8) is 0 Å². The Hall–Kier alpha value is -2.40. The smallest absolute Gasteiger partial charge is 0.306 e. The Kier molecular flexibility index (Phi) is 48.9. The molecule has 0 spiro atoms. The quantitative estimate of drug-likeness (QED) is 0.0375. The molecule has 0 aromatic rings. The maximum Gasteiger partial charge on any atom is 0.306 e. The zero-order chi connectivity index (χ0) is 43.5. The molecule has 0 aromatic carbocycles. The van der Waals surface area contributed by atoms with Crippen molar-refractivity contribution in [3.05, 3.63) is 60.8 Å². The third kappa shape index (κ3) is 48.3. The molecular formula is C55H98O5. The van der Waals surface area contributed by atoms with Crippen LogP contribution in [0.4, 0.5) is 0 Å². The molecule has 0 aliphatic rings. The highest BCUT2D eigenvalue weighted by Gasteiger charge is 2.16. The number of ether oxygens (including phenoxy) is 2. The van der Waals surface area contributed by atoms with Gasteiger partial charge in [0.2, 0.25) is 0 Å². The van der Waals surface area contributed by atoms with Crippen LogP contribution in [0, 0.1) is 0 Å². The minimum Gasteiger partial charge on any atom is -0.462 e. The molecule has 0 aromatic heterocycles. The first kappa shape index (κ1) is 57.6. The van der Waals surface area contributed by atoms with Crippen molar-refractivity contribution < 1.29 is 24.2 Å². The zero-order valence-electron chi connectivity index (χ0n) is 39.7. The predicted molar refractivity (Wildman–Crippen MR) is 260 cm³/mol. The Balaban J connectivity index is 3.51. The van der Waals surface area contributed by atoms with E-state index in [1.54, 1.807) is 0 Å². The Labute approximate surface area is 372 Å². The number of carbonyl (C=O) groups excluding carboxylic acids is 2. The Morgan fingerprint density at radius 1 is 0.400 bits per heavy atom. The molecule has 0 rings (SSSR count). The van der Waals surface area contributed by atoms with Crippen LogP contribution in [-0.4, -0.2) is 36.4 Å². The lowest BCUT2D eigenvalue weighted by molar-refractivity contribution is -0.161. The largest absolute Gasteiger partial charge is 0.462 e. The number of aliphatic hydroxyl groups is 1. The first-order valence-electron chi connectivity index (χ1n) is 25.8. The second-order valence-corrected chi connectivity index (χ2v) is 17.2. The molecule has 5 heteroatoms. The Bertz CT molecular complexity index is 1040. The molecule has 1 unspecified atom stereocenters. The molecule has 0 fully saturated rings. The summed E-state index contributed by atoms with van der Waals surface area (Å²) >= 11 is 0. The number of esters is 2. The van der Waals surface area contributed by atoms with Gasteiger partial charge in [-0.25, -0.2) is 0 Å².